The molecule has 1 aromatic carbocycles. The second-order valence-corrected chi connectivity index (χ2v) is 5.84. The van der Waals surface area contributed by atoms with E-state index < -0.39 is 24.2 Å². The van der Waals surface area contributed by atoms with Crippen molar-refractivity contribution in [3.8, 4) is 5.75 Å². The second kappa shape index (κ2) is 6.89. The van der Waals surface area contributed by atoms with Crippen LogP contribution >= 0.6 is 0 Å². The molecular weight excluding hydrogens is 351 g/mol. The van der Waals surface area contributed by atoms with E-state index in [1.54, 1.807) is 31.2 Å². The maximum absolute atomic E-state index is 13.6. The second-order valence-electron chi connectivity index (χ2n) is 5.84. The molecule has 0 radical (unpaired) electrons. The maximum atomic E-state index is 13.6. The number of fused-ring (bicyclic) bond motifs is 1. The largest absolute Gasteiger partial charge is 0.497 e. The predicted molar refractivity (Wildman–Crippen MR) is 87.3 cm³/mol. The molecular formula is C17H18F3N3O3. The van der Waals surface area contributed by atoms with Crippen molar-refractivity contribution in [2.45, 2.75) is 31.6 Å². The molecule has 2 unspecified atom stereocenters. The van der Waals surface area contributed by atoms with Crippen LogP contribution in [0.3, 0.4) is 0 Å². The van der Waals surface area contributed by atoms with Gasteiger partial charge in [-0.2, -0.15) is 18.3 Å². The van der Waals surface area contributed by atoms with E-state index in [1.807, 2.05) is 0 Å². The number of carbonyl (C=O) groups excluding carboxylic acids is 1. The van der Waals surface area contributed by atoms with Crippen LogP contribution in [0.1, 0.15) is 41.3 Å². The fraction of sp³-hybridized carbons (Fsp3) is 0.412. The normalized spacial score (nSPS) is 19.4. The van der Waals surface area contributed by atoms with Crippen LogP contribution < -0.4 is 10.1 Å². The van der Waals surface area contributed by atoms with Gasteiger partial charge in [-0.3, -0.25) is 0 Å². The number of alkyl halides is 3. The Morgan fingerprint density at radius 1 is 1.35 bits per heavy atom. The summed E-state index contributed by atoms with van der Waals surface area (Å²) < 4.78 is 51.5. The van der Waals surface area contributed by atoms with Crippen molar-refractivity contribution in [3.05, 3.63) is 41.6 Å². The van der Waals surface area contributed by atoms with Gasteiger partial charge < -0.3 is 14.8 Å². The Morgan fingerprint density at radius 3 is 2.62 bits per heavy atom. The van der Waals surface area contributed by atoms with Crippen LogP contribution in [0.5, 0.6) is 5.75 Å². The number of nitrogens with one attached hydrogen (secondary N) is 1. The number of hydrogen-bond donors (Lipinski definition) is 1. The van der Waals surface area contributed by atoms with Crippen LogP contribution in [0.25, 0.3) is 0 Å². The highest BCUT2D eigenvalue weighted by molar-refractivity contribution is 5.94. The zero-order chi connectivity index (χ0) is 18.9. The molecule has 3 rings (SSSR count). The average Bonchev–Trinajstić information content (AvgIpc) is 3.04. The van der Waals surface area contributed by atoms with Gasteiger partial charge in [0, 0.05) is 6.42 Å². The Hall–Kier alpha value is -2.71. The lowest BCUT2D eigenvalue weighted by molar-refractivity contribution is -0.173. The lowest BCUT2D eigenvalue weighted by Crippen LogP contribution is -2.36. The molecule has 0 amide bonds. The highest BCUT2D eigenvalue weighted by atomic mass is 19.4. The van der Waals surface area contributed by atoms with Crippen LogP contribution in [0, 0.1) is 0 Å². The number of methoxy groups -OCH3 is 1. The number of hydrogen-bond acceptors (Lipinski definition) is 5. The summed E-state index contributed by atoms with van der Waals surface area (Å²) in [5.41, 5.74) is 0.640. The SMILES string of the molecule is CCOC(=O)c1cnn2c1NC(c1ccc(OC)cc1)CC2C(F)(F)F. The molecule has 2 aromatic rings. The number of halogens is 3. The van der Waals surface area contributed by atoms with Crippen LogP contribution in [-0.2, 0) is 4.74 Å². The predicted octanol–water partition coefficient (Wildman–Crippen LogP) is 3.73. The number of benzene rings is 1. The standard InChI is InChI=1S/C17H18F3N3O3/c1-3-26-16(24)12-9-21-23-14(17(18,19)20)8-13(22-15(12)23)10-4-6-11(25-2)7-5-10/h4-7,9,13-14,22H,3,8H2,1-2H3. The fourth-order valence-electron chi connectivity index (χ4n) is 2.98. The molecule has 0 fully saturated rings. The molecule has 2 heterocycles. The summed E-state index contributed by atoms with van der Waals surface area (Å²) in [6.07, 6.45) is -3.64. The molecule has 9 heteroatoms. The molecule has 0 spiro atoms. The number of esters is 1. The zero-order valence-electron chi connectivity index (χ0n) is 14.2. The van der Waals surface area contributed by atoms with E-state index in [4.69, 9.17) is 9.47 Å². The van der Waals surface area contributed by atoms with Crippen molar-refractivity contribution >= 4 is 11.8 Å². The van der Waals surface area contributed by atoms with E-state index >= 15 is 0 Å². The molecule has 0 saturated heterocycles. The Balaban J connectivity index is 1.99. The lowest BCUT2D eigenvalue weighted by Gasteiger charge is -2.34. The summed E-state index contributed by atoms with van der Waals surface area (Å²) in [4.78, 5) is 12.0. The van der Waals surface area contributed by atoms with E-state index in [1.165, 1.54) is 7.11 Å². The van der Waals surface area contributed by atoms with E-state index in [0.29, 0.717) is 11.3 Å². The monoisotopic (exact) mass is 369 g/mol. The minimum absolute atomic E-state index is 0.0119. The van der Waals surface area contributed by atoms with E-state index in [0.717, 1.165) is 10.9 Å². The Bertz CT molecular complexity index is 787. The van der Waals surface area contributed by atoms with Gasteiger partial charge in [-0.1, -0.05) is 12.1 Å². The van der Waals surface area contributed by atoms with E-state index in [9.17, 15) is 18.0 Å². The third-order valence-corrected chi connectivity index (χ3v) is 4.25. The molecule has 0 bridgehead atoms. The van der Waals surface area contributed by atoms with Gasteiger partial charge in [0.25, 0.3) is 0 Å². The number of nitrogens with zero attached hydrogens (tertiary/aromatic N) is 2. The number of anilines is 1. The quantitative estimate of drug-likeness (QED) is 0.832. The fourth-order valence-corrected chi connectivity index (χ4v) is 2.98. The van der Waals surface area contributed by atoms with Crippen molar-refractivity contribution < 1.29 is 27.4 Å². The summed E-state index contributed by atoms with van der Waals surface area (Å²) in [5, 5.41) is 6.78. The molecule has 26 heavy (non-hydrogen) atoms. The van der Waals surface area contributed by atoms with Gasteiger partial charge >= 0.3 is 12.1 Å². The van der Waals surface area contributed by atoms with Crippen molar-refractivity contribution in [1.82, 2.24) is 9.78 Å². The van der Waals surface area contributed by atoms with Crippen molar-refractivity contribution in [3.63, 3.8) is 0 Å². The van der Waals surface area contributed by atoms with Crippen molar-refractivity contribution in [2.24, 2.45) is 0 Å². The first kappa shape index (κ1) is 18.1. The van der Waals surface area contributed by atoms with Crippen LogP contribution in [0.15, 0.2) is 30.5 Å². The number of ether oxygens (including phenoxy) is 2. The van der Waals surface area contributed by atoms with Crippen molar-refractivity contribution in [1.29, 1.82) is 0 Å². The molecule has 1 N–H and O–H groups in total. The smallest absolute Gasteiger partial charge is 0.410 e. The van der Waals surface area contributed by atoms with Crippen molar-refractivity contribution in [2.75, 3.05) is 19.0 Å². The number of aromatic nitrogens is 2. The van der Waals surface area contributed by atoms with Gasteiger partial charge in [0.2, 0.25) is 0 Å². The topological polar surface area (TPSA) is 65.4 Å². The average molecular weight is 369 g/mol. The van der Waals surface area contributed by atoms with Gasteiger partial charge in [0.05, 0.1) is 26.0 Å². The van der Waals surface area contributed by atoms with Crippen LogP contribution in [0.2, 0.25) is 0 Å². The summed E-state index contributed by atoms with van der Waals surface area (Å²) in [6, 6.07) is 4.27. The number of carbonyl (C=O) groups is 1. The lowest BCUT2D eigenvalue weighted by atomic mass is 9.96. The molecule has 0 saturated carbocycles. The van der Waals surface area contributed by atoms with Gasteiger partial charge in [0.1, 0.15) is 17.1 Å². The third-order valence-electron chi connectivity index (χ3n) is 4.25. The van der Waals surface area contributed by atoms with Gasteiger partial charge in [-0.15, -0.1) is 0 Å². The summed E-state index contributed by atoms with van der Waals surface area (Å²) in [5.74, 6) is -0.0930. The van der Waals surface area contributed by atoms with Gasteiger partial charge in [-0.05, 0) is 24.6 Å². The zero-order valence-corrected chi connectivity index (χ0v) is 14.2. The highest BCUT2D eigenvalue weighted by Gasteiger charge is 2.47. The first-order chi connectivity index (χ1) is 12.3. The minimum Gasteiger partial charge on any atom is -0.497 e. The Morgan fingerprint density at radius 2 is 2.04 bits per heavy atom. The third kappa shape index (κ3) is 3.33. The maximum Gasteiger partial charge on any atom is 0.410 e. The minimum atomic E-state index is -4.50. The summed E-state index contributed by atoms with van der Waals surface area (Å²) >= 11 is 0. The first-order valence-electron chi connectivity index (χ1n) is 8.07. The highest BCUT2D eigenvalue weighted by Crippen LogP contribution is 2.44. The van der Waals surface area contributed by atoms with Gasteiger partial charge in [0.15, 0.2) is 6.04 Å². The molecule has 1 aromatic heterocycles. The number of rotatable bonds is 4. The Kier molecular flexibility index (Phi) is 4.80. The molecule has 1 aliphatic rings. The first-order valence-corrected chi connectivity index (χ1v) is 8.07. The molecule has 1 aliphatic heterocycles. The molecule has 0 aliphatic carbocycles. The van der Waals surface area contributed by atoms with E-state index in [2.05, 4.69) is 10.4 Å². The Labute approximate surface area is 147 Å². The van der Waals surface area contributed by atoms with Gasteiger partial charge in [-0.25, -0.2) is 9.48 Å². The van der Waals surface area contributed by atoms with Crippen LogP contribution in [0.4, 0.5) is 19.0 Å². The molecule has 6 nitrogen and oxygen atoms in total. The molecule has 2 atom stereocenters. The molecule has 140 valence electrons. The van der Waals surface area contributed by atoms with Crippen LogP contribution in [-0.4, -0.2) is 35.6 Å². The van der Waals surface area contributed by atoms with E-state index in [-0.39, 0.29) is 24.4 Å². The summed E-state index contributed by atoms with van der Waals surface area (Å²) in [7, 11) is 1.51. The summed E-state index contributed by atoms with van der Waals surface area (Å²) in [6.45, 7) is 1.74.